The molecule has 0 spiro atoms. The minimum Gasteiger partial charge on any atom is -0.371 e. The Labute approximate surface area is 232 Å². The first-order chi connectivity index (χ1) is 19.3. The van der Waals surface area contributed by atoms with Crippen LogP contribution in [0.3, 0.4) is 0 Å². The summed E-state index contributed by atoms with van der Waals surface area (Å²) in [6.45, 7) is 8.37. The number of carbonyl (C=O) groups is 1. The number of halogens is 3. The molecule has 0 atom stereocenters. The zero-order valence-electron chi connectivity index (χ0n) is 22.5. The number of hydrogen-bond acceptors (Lipinski definition) is 8. The molecule has 1 amide bonds. The van der Waals surface area contributed by atoms with Crippen LogP contribution >= 0.6 is 0 Å². The molecule has 2 aromatic rings. The molecule has 4 heterocycles. The number of amides is 1. The Bertz CT molecular complexity index is 1190. The second kappa shape index (κ2) is 12.4. The Morgan fingerprint density at radius 3 is 2.23 bits per heavy atom. The van der Waals surface area contributed by atoms with Gasteiger partial charge in [-0.15, -0.1) is 0 Å². The topological polar surface area (TPSA) is 100 Å². The highest BCUT2D eigenvalue weighted by atomic mass is 19.4. The van der Waals surface area contributed by atoms with Gasteiger partial charge in [-0.25, -0.2) is 9.97 Å². The number of anilines is 3. The maximum Gasteiger partial charge on any atom is 0.417 e. The van der Waals surface area contributed by atoms with E-state index >= 15 is 0 Å². The number of hydrogen-bond donors (Lipinski definition) is 2. The van der Waals surface area contributed by atoms with Crippen molar-refractivity contribution >= 4 is 23.2 Å². The van der Waals surface area contributed by atoms with Gasteiger partial charge < -0.3 is 20.0 Å². The second-order valence-electron chi connectivity index (χ2n) is 10.8. The first-order valence-electron chi connectivity index (χ1n) is 14.0. The fraction of sp³-hybridized carbons (Fsp3) is 0.571. The van der Waals surface area contributed by atoms with E-state index in [1.807, 2.05) is 4.90 Å². The molecule has 12 heteroatoms. The lowest BCUT2D eigenvalue weighted by Crippen LogP contribution is -2.46. The molecule has 3 saturated heterocycles. The number of nitrogens with zero attached hydrogens (tertiary/aromatic N) is 6. The SMILES string of the molecule is N#Cc1ccc(N2CCC(C(=O)Nc3ncc(N4CCC(CN5CCNCC5)CC4)cn3)CC2)cc1C(F)(F)F. The molecule has 0 aliphatic carbocycles. The summed E-state index contributed by atoms with van der Waals surface area (Å²) in [6.07, 6.45) is 2.18. The number of piperidine rings is 2. The lowest BCUT2D eigenvalue weighted by atomic mass is 9.95. The van der Waals surface area contributed by atoms with Crippen LogP contribution in [0.5, 0.6) is 0 Å². The lowest BCUT2D eigenvalue weighted by Gasteiger charge is -2.37. The fourth-order valence-corrected chi connectivity index (χ4v) is 5.85. The number of alkyl halides is 3. The van der Waals surface area contributed by atoms with Gasteiger partial charge in [0, 0.05) is 70.5 Å². The van der Waals surface area contributed by atoms with Gasteiger partial charge in [-0.1, -0.05) is 0 Å². The third-order valence-corrected chi connectivity index (χ3v) is 8.24. The van der Waals surface area contributed by atoms with Gasteiger partial charge in [-0.2, -0.15) is 18.4 Å². The predicted molar refractivity (Wildman–Crippen MR) is 146 cm³/mol. The van der Waals surface area contributed by atoms with Crippen LogP contribution in [-0.4, -0.2) is 79.7 Å². The quantitative estimate of drug-likeness (QED) is 0.559. The maximum absolute atomic E-state index is 13.3. The van der Waals surface area contributed by atoms with Crippen molar-refractivity contribution in [2.45, 2.75) is 31.9 Å². The number of piperazine rings is 1. The minimum absolute atomic E-state index is 0.183. The van der Waals surface area contributed by atoms with E-state index in [1.54, 1.807) is 18.5 Å². The Kier molecular flexibility index (Phi) is 8.71. The molecule has 0 radical (unpaired) electrons. The van der Waals surface area contributed by atoms with Gasteiger partial charge in [0.15, 0.2) is 0 Å². The molecule has 5 rings (SSSR count). The largest absolute Gasteiger partial charge is 0.417 e. The van der Waals surface area contributed by atoms with Crippen molar-refractivity contribution < 1.29 is 18.0 Å². The first kappa shape index (κ1) is 28.1. The predicted octanol–water partition coefficient (Wildman–Crippen LogP) is 3.34. The van der Waals surface area contributed by atoms with Crippen LogP contribution in [0.4, 0.5) is 30.5 Å². The van der Waals surface area contributed by atoms with Crippen LogP contribution in [0.25, 0.3) is 0 Å². The summed E-state index contributed by atoms with van der Waals surface area (Å²) in [7, 11) is 0. The number of rotatable bonds is 6. The smallest absolute Gasteiger partial charge is 0.371 e. The molecule has 3 aliphatic rings. The van der Waals surface area contributed by atoms with Crippen molar-refractivity contribution in [3.05, 3.63) is 41.7 Å². The standard InChI is InChI=1S/C28H35F3N8O/c29-28(30,31)25-15-23(2-1-22(25)16-32)38-11-5-21(6-12-38)26(40)36-27-34-17-24(18-35-27)39-9-3-20(4-10-39)19-37-13-7-33-8-14-37/h1-2,15,17-18,20-21,33H,3-14,19H2,(H,34,35,36,40). The molecule has 3 aliphatic heterocycles. The van der Waals surface area contributed by atoms with Gasteiger partial charge in [0.25, 0.3) is 0 Å². The van der Waals surface area contributed by atoms with E-state index in [-0.39, 0.29) is 17.8 Å². The highest BCUT2D eigenvalue weighted by molar-refractivity contribution is 5.91. The van der Waals surface area contributed by atoms with E-state index < -0.39 is 17.3 Å². The third-order valence-electron chi connectivity index (χ3n) is 8.24. The summed E-state index contributed by atoms with van der Waals surface area (Å²) in [4.78, 5) is 28.3. The van der Waals surface area contributed by atoms with E-state index in [0.29, 0.717) is 37.5 Å². The van der Waals surface area contributed by atoms with E-state index in [4.69, 9.17) is 5.26 Å². The minimum atomic E-state index is -4.60. The van der Waals surface area contributed by atoms with Crippen molar-refractivity contribution in [3.63, 3.8) is 0 Å². The average Bonchev–Trinajstić information content (AvgIpc) is 2.98. The molecule has 9 nitrogen and oxygen atoms in total. The summed E-state index contributed by atoms with van der Waals surface area (Å²) in [5.74, 6) is 0.502. The van der Waals surface area contributed by atoms with Gasteiger partial charge in [-0.3, -0.25) is 10.1 Å². The molecule has 1 aromatic carbocycles. The maximum atomic E-state index is 13.3. The van der Waals surface area contributed by atoms with Crippen LogP contribution in [0.2, 0.25) is 0 Å². The summed E-state index contributed by atoms with van der Waals surface area (Å²) >= 11 is 0. The molecular weight excluding hydrogens is 521 g/mol. The highest BCUT2D eigenvalue weighted by Gasteiger charge is 2.35. The second-order valence-corrected chi connectivity index (χ2v) is 10.8. The zero-order chi connectivity index (χ0) is 28.1. The van der Waals surface area contributed by atoms with Gasteiger partial charge in [0.05, 0.1) is 35.3 Å². The van der Waals surface area contributed by atoms with Crippen LogP contribution in [0.15, 0.2) is 30.6 Å². The number of nitrogens with one attached hydrogen (secondary N) is 2. The Morgan fingerprint density at radius 1 is 0.975 bits per heavy atom. The van der Waals surface area contributed by atoms with Crippen LogP contribution in [0, 0.1) is 23.2 Å². The first-order valence-corrected chi connectivity index (χ1v) is 14.0. The Balaban J connectivity index is 1.08. The van der Waals surface area contributed by atoms with Crippen LogP contribution in [0.1, 0.15) is 36.8 Å². The highest BCUT2D eigenvalue weighted by Crippen LogP contribution is 2.35. The summed E-state index contributed by atoms with van der Waals surface area (Å²) in [6, 6.07) is 5.35. The number of carbonyl (C=O) groups excluding carboxylic acids is 1. The van der Waals surface area contributed by atoms with Crippen molar-refractivity contribution in [1.29, 1.82) is 5.26 Å². The number of benzene rings is 1. The van der Waals surface area contributed by atoms with Gasteiger partial charge in [0.2, 0.25) is 11.9 Å². The van der Waals surface area contributed by atoms with E-state index in [1.165, 1.54) is 12.1 Å². The van der Waals surface area contributed by atoms with Crippen LogP contribution in [-0.2, 0) is 11.0 Å². The van der Waals surface area contributed by atoms with Crippen molar-refractivity contribution in [1.82, 2.24) is 20.2 Å². The monoisotopic (exact) mass is 556 g/mol. The van der Waals surface area contributed by atoms with E-state index in [9.17, 15) is 18.0 Å². The number of aromatic nitrogens is 2. The van der Waals surface area contributed by atoms with Crippen molar-refractivity contribution in [2.75, 3.05) is 74.0 Å². The third kappa shape index (κ3) is 6.82. The molecule has 40 heavy (non-hydrogen) atoms. The summed E-state index contributed by atoms with van der Waals surface area (Å²) in [5, 5.41) is 15.2. The Hall–Kier alpha value is -3.43. The molecule has 214 valence electrons. The fourth-order valence-electron chi connectivity index (χ4n) is 5.85. The molecule has 0 saturated carbocycles. The molecular formula is C28H35F3N8O. The zero-order valence-corrected chi connectivity index (χ0v) is 22.5. The Morgan fingerprint density at radius 2 is 1.60 bits per heavy atom. The van der Waals surface area contributed by atoms with Crippen molar-refractivity contribution in [3.8, 4) is 6.07 Å². The van der Waals surface area contributed by atoms with Gasteiger partial charge in [-0.05, 0) is 49.8 Å². The van der Waals surface area contributed by atoms with E-state index in [2.05, 4.69) is 30.4 Å². The molecule has 0 unspecified atom stereocenters. The normalized spacial score (nSPS) is 19.9. The average molecular weight is 557 g/mol. The van der Waals surface area contributed by atoms with Crippen LogP contribution < -0.4 is 20.4 Å². The molecule has 0 bridgehead atoms. The molecule has 2 N–H and O–H groups in total. The molecule has 1 aromatic heterocycles. The number of nitriles is 1. The lowest BCUT2D eigenvalue weighted by molar-refractivity contribution is -0.137. The molecule has 3 fully saturated rings. The summed E-state index contributed by atoms with van der Waals surface area (Å²) in [5.41, 5.74) is 0.0175. The summed E-state index contributed by atoms with van der Waals surface area (Å²) < 4.78 is 40.0. The van der Waals surface area contributed by atoms with Crippen molar-refractivity contribution in [2.24, 2.45) is 11.8 Å². The van der Waals surface area contributed by atoms with Gasteiger partial charge in [0.1, 0.15) is 0 Å². The van der Waals surface area contributed by atoms with E-state index in [0.717, 1.165) is 70.4 Å². The van der Waals surface area contributed by atoms with Gasteiger partial charge >= 0.3 is 6.18 Å².